The van der Waals surface area contributed by atoms with Crippen molar-refractivity contribution in [3.05, 3.63) is 248 Å². The maximum Gasteiger partial charge on any atom is 0.164 e. The number of thiophene rings is 1. The molecule has 0 aliphatic rings. The highest BCUT2D eigenvalue weighted by Crippen LogP contribution is 2.45. The van der Waals surface area contributed by atoms with Crippen LogP contribution in [0.5, 0.6) is 0 Å². The Bertz CT molecular complexity index is 4250. The number of aromatic nitrogens is 5. The number of nitrogens with zero attached hydrogens (tertiary/aromatic N) is 5. The van der Waals surface area contributed by atoms with Crippen LogP contribution >= 0.6 is 11.3 Å². The number of hydrogen-bond acceptors (Lipinski definition) is 4. The fourth-order valence-electron chi connectivity index (χ4n) is 10.7. The quantitative estimate of drug-likeness (QED) is 0.153. The number of benzene rings is 10. The lowest BCUT2D eigenvalue weighted by atomic mass is 9.93. The maximum absolute atomic E-state index is 5.29. The van der Waals surface area contributed by atoms with Crippen LogP contribution in [-0.4, -0.2) is 24.1 Å². The summed E-state index contributed by atoms with van der Waals surface area (Å²) in [6, 6.07) is 84.7. The molecule has 0 radical (unpaired) electrons. The van der Waals surface area contributed by atoms with E-state index in [4.69, 9.17) is 15.0 Å². The van der Waals surface area contributed by atoms with Gasteiger partial charge in [0.1, 0.15) is 0 Å². The van der Waals surface area contributed by atoms with Crippen LogP contribution in [0.3, 0.4) is 0 Å². The largest absolute Gasteiger partial charge is 0.309 e. The third kappa shape index (κ3) is 6.56. The van der Waals surface area contributed by atoms with Gasteiger partial charge >= 0.3 is 0 Å². The third-order valence-electron chi connectivity index (χ3n) is 13.8. The van der Waals surface area contributed by atoms with Crippen molar-refractivity contribution in [2.45, 2.75) is 6.42 Å². The first-order valence-corrected chi connectivity index (χ1v) is 24.5. The Hall–Kier alpha value is -8.97. The van der Waals surface area contributed by atoms with Crippen LogP contribution in [0, 0.1) is 0 Å². The van der Waals surface area contributed by atoms with Gasteiger partial charge in [-0.25, -0.2) is 15.0 Å². The zero-order chi connectivity index (χ0) is 46.1. The number of hydrogen-bond donors (Lipinski definition) is 0. The Morgan fingerprint density at radius 3 is 1.61 bits per heavy atom. The van der Waals surface area contributed by atoms with Crippen LogP contribution in [0.4, 0.5) is 0 Å². The van der Waals surface area contributed by atoms with Crippen LogP contribution in [-0.2, 0) is 6.42 Å². The summed E-state index contributed by atoms with van der Waals surface area (Å²) in [5, 5.41) is 7.55. The molecule has 4 aromatic heterocycles. The molecule has 328 valence electrons. The van der Waals surface area contributed by atoms with Gasteiger partial charge < -0.3 is 9.13 Å². The summed E-state index contributed by atoms with van der Waals surface area (Å²) >= 11 is 1.89. The first-order chi connectivity index (χ1) is 34.7. The topological polar surface area (TPSA) is 48.5 Å². The molecular formula is C64H41N5S. The van der Waals surface area contributed by atoms with E-state index in [0.717, 1.165) is 55.8 Å². The van der Waals surface area contributed by atoms with Gasteiger partial charge in [0, 0.05) is 69.8 Å². The lowest BCUT2D eigenvalue weighted by Crippen LogP contribution is -2.01. The number of rotatable bonds is 8. The van der Waals surface area contributed by atoms with Crippen LogP contribution in [0.25, 0.3) is 120 Å². The summed E-state index contributed by atoms with van der Waals surface area (Å²) in [7, 11) is 0. The normalized spacial score (nSPS) is 11.8. The zero-order valence-electron chi connectivity index (χ0n) is 37.9. The van der Waals surface area contributed by atoms with E-state index < -0.39 is 0 Å². The molecule has 0 aliphatic carbocycles. The van der Waals surface area contributed by atoms with Crippen molar-refractivity contribution in [3.8, 4) is 56.7 Å². The second kappa shape index (κ2) is 16.4. The van der Waals surface area contributed by atoms with E-state index in [1.807, 2.05) is 47.7 Å². The molecule has 5 nitrogen and oxygen atoms in total. The average molecular weight is 912 g/mol. The zero-order valence-corrected chi connectivity index (χ0v) is 38.7. The van der Waals surface area contributed by atoms with Crippen molar-refractivity contribution in [1.29, 1.82) is 0 Å². The molecule has 0 unspecified atom stereocenters. The van der Waals surface area contributed by atoms with Gasteiger partial charge in [-0.1, -0.05) is 176 Å². The van der Waals surface area contributed by atoms with E-state index in [1.165, 1.54) is 58.3 Å². The molecule has 4 heterocycles. The molecule has 0 bridgehead atoms. The van der Waals surface area contributed by atoms with Crippen molar-refractivity contribution in [2.24, 2.45) is 0 Å². The van der Waals surface area contributed by atoms with Gasteiger partial charge in [-0.05, 0) is 89.3 Å². The SMILES string of the molecule is c1ccc(-c2nc(-c3ccccc3)nc(-c3cc(Cc4cccc5c6c7sc8ccccc8c7ccc6n(-c6ccccc6)c45)cc(-c4cccc5c4c4ccccc4n5-c4ccccc4)c3)n2)cc1. The summed E-state index contributed by atoms with van der Waals surface area (Å²) in [5.41, 5.74) is 14.4. The predicted octanol–water partition coefficient (Wildman–Crippen LogP) is 16.7. The molecular weight excluding hydrogens is 871 g/mol. The molecule has 0 fully saturated rings. The van der Waals surface area contributed by atoms with Crippen molar-refractivity contribution in [1.82, 2.24) is 24.1 Å². The number of fused-ring (bicyclic) bond motifs is 10. The Labute approximate surface area is 407 Å². The summed E-state index contributed by atoms with van der Waals surface area (Å²) < 4.78 is 7.50. The molecule has 0 N–H and O–H groups in total. The third-order valence-corrected chi connectivity index (χ3v) is 15.0. The van der Waals surface area contributed by atoms with Crippen LogP contribution in [0.1, 0.15) is 11.1 Å². The Kier molecular flexibility index (Phi) is 9.39. The second-order valence-corrected chi connectivity index (χ2v) is 19.0. The van der Waals surface area contributed by atoms with Crippen LogP contribution in [0.2, 0.25) is 0 Å². The van der Waals surface area contributed by atoms with E-state index in [1.54, 1.807) is 0 Å². The fourth-order valence-corrected chi connectivity index (χ4v) is 12.0. The van der Waals surface area contributed by atoms with Crippen molar-refractivity contribution in [3.63, 3.8) is 0 Å². The standard InChI is InChI=1S/C64H41N5S/c1-5-19-42(20-6-1)62-65-63(43-21-7-2-8-22-43)67-64(66-62)46-39-41(38-45(40-46)49-30-18-33-55-58(49)52-29-13-15-32-54(52)68(55)47-24-9-3-10-25-47)37-44-23-17-31-53-59-56(69(60(44)53)48-26-11-4-12-27-48)36-35-51-50-28-14-16-34-57(50)70-61(51)59/h1-36,38-40H,37H2. The Balaban J connectivity index is 1.04. The Morgan fingerprint density at radius 1 is 0.357 bits per heavy atom. The van der Waals surface area contributed by atoms with Crippen molar-refractivity contribution in [2.75, 3.05) is 0 Å². The van der Waals surface area contributed by atoms with E-state index in [-0.39, 0.29) is 0 Å². The summed E-state index contributed by atoms with van der Waals surface area (Å²) in [6.45, 7) is 0. The highest BCUT2D eigenvalue weighted by Gasteiger charge is 2.22. The summed E-state index contributed by atoms with van der Waals surface area (Å²) in [4.78, 5) is 15.7. The fraction of sp³-hybridized carbons (Fsp3) is 0.0156. The van der Waals surface area contributed by atoms with Gasteiger partial charge in [0.05, 0.1) is 22.1 Å². The molecule has 0 spiro atoms. The molecule has 0 saturated carbocycles. The maximum atomic E-state index is 5.29. The molecule has 0 amide bonds. The van der Waals surface area contributed by atoms with Gasteiger partial charge in [-0.15, -0.1) is 11.3 Å². The summed E-state index contributed by atoms with van der Waals surface area (Å²) in [5.74, 6) is 1.89. The monoisotopic (exact) mass is 911 g/mol. The van der Waals surface area contributed by atoms with E-state index in [2.05, 4.69) is 209 Å². The molecule has 0 aliphatic heterocycles. The lowest BCUT2D eigenvalue weighted by molar-refractivity contribution is 1.07. The van der Waals surface area contributed by atoms with E-state index in [0.29, 0.717) is 23.9 Å². The number of para-hydroxylation sites is 4. The Morgan fingerprint density at radius 2 is 0.900 bits per heavy atom. The van der Waals surface area contributed by atoms with Crippen LogP contribution in [0.15, 0.2) is 237 Å². The molecule has 6 heteroatoms. The molecule has 0 saturated heterocycles. The molecule has 14 rings (SSSR count). The second-order valence-electron chi connectivity index (χ2n) is 17.9. The highest BCUT2D eigenvalue weighted by atomic mass is 32.1. The van der Waals surface area contributed by atoms with Crippen LogP contribution < -0.4 is 0 Å². The predicted molar refractivity (Wildman–Crippen MR) is 292 cm³/mol. The van der Waals surface area contributed by atoms with Gasteiger partial charge in [0.15, 0.2) is 17.5 Å². The minimum atomic E-state index is 0.624. The molecule has 70 heavy (non-hydrogen) atoms. The summed E-state index contributed by atoms with van der Waals surface area (Å²) in [6.07, 6.45) is 0.667. The van der Waals surface area contributed by atoms with Crippen molar-refractivity contribution >= 4 is 75.1 Å². The van der Waals surface area contributed by atoms with Gasteiger partial charge in [0.2, 0.25) is 0 Å². The van der Waals surface area contributed by atoms with E-state index in [9.17, 15) is 0 Å². The van der Waals surface area contributed by atoms with Gasteiger partial charge in [-0.3, -0.25) is 0 Å². The minimum Gasteiger partial charge on any atom is -0.309 e. The molecule has 10 aromatic carbocycles. The molecule has 0 atom stereocenters. The van der Waals surface area contributed by atoms with Crippen molar-refractivity contribution < 1.29 is 0 Å². The first kappa shape index (κ1) is 40.1. The molecule has 14 aromatic rings. The lowest BCUT2D eigenvalue weighted by Gasteiger charge is -2.15. The van der Waals surface area contributed by atoms with Gasteiger partial charge in [-0.2, -0.15) is 0 Å². The smallest absolute Gasteiger partial charge is 0.164 e. The van der Waals surface area contributed by atoms with Gasteiger partial charge in [0.25, 0.3) is 0 Å². The highest BCUT2D eigenvalue weighted by molar-refractivity contribution is 7.26. The average Bonchev–Trinajstić information content (AvgIpc) is 4.10. The minimum absolute atomic E-state index is 0.624. The van der Waals surface area contributed by atoms with E-state index >= 15 is 0 Å². The first-order valence-electron chi connectivity index (χ1n) is 23.7.